The third-order valence-corrected chi connectivity index (χ3v) is 2.26. The number of benzene rings is 1. The molecule has 50 valence electrons. The fourth-order valence-electron chi connectivity index (χ4n) is 0.555. The minimum Gasteiger partial charge on any atom is -0.238 e. The van der Waals surface area contributed by atoms with Crippen LogP contribution in [0.25, 0.3) is 4.85 Å². The van der Waals surface area contributed by atoms with Gasteiger partial charge in [-0.1, -0.05) is 23.7 Å². The summed E-state index contributed by atoms with van der Waals surface area (Å²) in [5.74, 6) is 0. The predicted molar refractivity (Wildman–Crippen MR) is 45.4 cm³/mol. The lowest BCUT2D eigenvalue weighted by atomic mass is 10.3. The second-order valence-corrected chi connectivity index (χ2v) is 2.97. The van der Waals surface area contributed by atoms with Gasteiger partial charge < -0.3 is 0 Å². The molecule has 0 aliphatic rings. The van der Waals surface area contributed by atoms with Gasteiger partial charge in [0.15, 0.2) is 5.69 Å². The molecule has 0 radical (unpaired) electrons. The number of nitrogens with zero attached hydrogens (tertiary/aromatic N) is 1. The van der Waals surface area contributed by atoms with Gasteiger partial charge in [0.05, 0.1) is 6.57 Å². The molecule has 1 nitrogen and oxygen atoms in total. The van der Waals surface area contributed by atoms with Crippen LogP contribution in [0.2, 0.25) is 5.02 Å². The van der Waals surface area contributed by atoms with Crippen LogP contribution in [0.3, 0.4) is 0 Å². The van der Waals surface area contributed by atoms with Gasteiger partial charge in [0.25, 0.3) is 0 Å². The van der Waals surface area contributed by atoms with E-state index in [0.29, 0.717) is 10.7 Å². The van der Waals surface area contributed by atoms with Crippen LogP contribution in [0.1, 0.15) is 0 Å². The maximum atomic E-state index is 6.66. The summed E-state index contributed by atoms with van der Waals surface area (Å²) in [4.78, 5) is 3.22. The summed E-state index contributed by atoms with van der Waals surface area (Å²) in [5.41, 5.74) is 0.563. The van der Waals surface area contributed by atoms with E-state index in [4.69, 9.17) is 18.2 Å². The molecular weight excluding hydrogens is 213 g/mol. The zero-order valence-electron chi connectivity index (χ0n) is 4.94. The van der Waals surface area contributed by atoms with E-state index in [0.717, 1.165) is 4.47 Å². The van der Waals surface area contributed by atoms with Gasteiger partial charge in [0.2, 0.25) is 0 Å². The highest BCUT2D eigenvalue weighted by Gasteiger charge is 1.96. The molecule has 0 amide bonds. The van der Waals surface area contributed by atoms with Gasteiger partial charge in [-0.3, -0.25) is 0 Å². The van der Waals surface area contributed by atoms with Gasteiger partial charge in [-0.05, 0) is 22.0 Å². The van der Waals surface area contributed by atoms with Gasteiger partial charge in [-0.15, -0.1) is 0 Å². The molecule has 1 aromatic carbocycles. The van der Waals surface area contributed by atoms with Crippen molar-refractivity contribution in [2.45, 2.75) is 0 Å². The van der Waals surface area contributed by atoms with Crippen LogP contribution >= 0.6 is 27.5 Å². The van der Waals surface area contributed by atoms with E-state index in [1.165, 1.54) is 0 Å². The summed E-state index contributed by atoms with van der Waals surface area (Å²) in [6.45, 7) is 6.66. The first kappa shape index (κ1) is 7.59. The molecule has 0 aliphatic carbocycles. The minimum atomic E-state index is 0.563. The maximum absolute atomic E-state index is 6.66. The van der Waals surface area contributed by atoms with Gasteiger partial charge in [0, 0.05) is 9.50 Å². The molecular formula is C7H3BrClN. The van der Waals surface area contributed by atoms with Gasteiger partial charge in [-0.2, -0.15) is 0 Å². The Labute approximate surface area is 72.6 Å². The molecule has 0 unspecified atom stereocenters. The van der Waals surface area contributed by atoms with E-state index < -0.39 is 0 Å². The predicted octanol–water partition coefficient (Wildman–Crippen LogP) is 3.65. The Morgan fingerprint density at radius 2 is 2.20 bits per heavy atom. The zero-order valence-corrected chi connectivity index (χ0v) is 7.28. The Bertz CT molecular complexity index is 290. The van der Waals surface area contributed by atoms with Crippen LogP contribution in [-0.2, 0) is 0 Å². The maximum Gasteiger partial charge on any atom is 0.188 e. The molecule has 0 aliphatic heterocycles. The lowest BCUT2D eigenvalue weighted by Gasteiger charge is -1.93. The van der Waals surface area contributed by atoms with Crippen LogP contribution in [0.4, 0.5) is 5.69 Å². The first-order valence-corrected chi connectivity index (χ1v) is 3.73. The van der Waals surface area contributed by atoms with Crippen molar-refractivity contribution in [2.24, 2.45) is 0 Å². The van der Waals surface area contributed by atoms with Crippen molar-refractivity contribution < 1.29 is 0 Å². The van der Waals surface area contributed by atoms with Crippen LogP contribution < -0.4 is 0 Å². The Hall–Kier alpha value is -0.520. The summed E-state index contributed by atoms with van der Waals surface area (Å²) in [6.07, 6.45) is 0. The topological polar surface area (TPSA) is 4.36 Å². The van der Waals surface area contributed by atoms with E-state index in [1.54, 1.807) is 18.2 Å². The van der Waals surface area contributed by atoms with E-state index in [9.17, 15) is 0 Å². The van der Waals surface area contributed by atoms with Crippen molar-refractivity contribution in [3.63, 3.8) is 0 Å². The Balaban J connectivity index is 3.20. The van der Waals surface area contributed by atoms with Crippen molar-refractivity contribution in [3.05, 3.63) is 39.1 Å². The quantitative estimate of drug-likeness (QED) is 0.583. The second-order valence-electron chi connectivity index (χ2n) is 1.71. The number of rotatable bonds is 0. The molecule has 0 N–H and O–H groups in total. The molecule has 0 atom stereocenters. The van der Waals surface area contributed by atoms with Crippen molar-refractivity contribution in [1.29, 1.82) is 0 Å². The molecule has 0 spiro atoms. The number of hydrogen-bond donors (Lipinski definition) is 0. The Morgan fingerprint density at radius 3 is 2.70 bits per heavy atom. The number of halogens is 2. The molecule has 1 aromatic rings. The highest BCUT2D eigenvalue weighted by atomic mass is 79.9. The normalized spacial score (nSPS) is 8.90. The molecule has 1 rings (SSSR count). The van der Waals surface area contributed by atoms with E-state index in [2.05, 4.69) is 20.8 Å². The third-order valence-electron chi connectivity index (χ3n) is 1.03. The zero-order chi connectivity index (χ0) is 7.56. The Morgan fingerprint density at radius 1 is 1.50 bits per heavy atom. The van der Waals surface area contributed by atoms with E-state index >= 15 is 0 Å². The lowest BCUT2D eigenvalue weighted by molar-refractivity contribution is 1.66. The third kappa shape index (κ3) is 1.50. The van der Waals surface area contributed by atoms with Crippen LogP contribution in [0.15, 0.2) is 22.7 Å². The molecule has 3 heteroatoms. The molecule has 0 fully saturated rings. The smallest absolute Gasteiger partial charge is 0.188 e. The first-order valence-electron chi connectivity index (χ1n) is 2.56. The molecule has 10 heavy (non-hydrogen) atoms. The van der Waals surface area contributed by atoms with E-state index in [-0.39, 0.29) is 0 Å². The SMILES string of the molecule is [C-]#[N+]c1ccc(Br)c(Cl)c1. The second kappa shape index (κ2) is 3.05. The highest BCUT2D eigenvalue weighted by Crippen LogP contribution is 2.26. The summed E-state index contributed by atoms with van der Waals surface area (Å²) in [5, 5.41) is 0.577. The fourth-order valence-corrected chi connectivity index (χ4v) is 0.976. The highest BCUT2D eigenvalue weighted by molar-refractivity contribution is 9.10. The fraction of sp³-hybridized carbons (Fsp3) is 0. The standard InChI is InChI=1S/C7H3BrClN/c1-10-5-2-3-6(8)7(9)4-5/h2-4H. The number of hydrogen-bond acceptors (Lipinski definition) is 0. The average molecular weight is 216 g/mol. The summed E-state index contributed by atoms with van der Waals surface area (Å²) >= 11 is 8.93. The average Bonchev–Trinajstić information content (AvgIpc) is 1.95. The van der Waals surface area contributed by atoms with Crippen molar-refractivity contribution in [3.8, 4) is 0 Å². The van der Waals surface area contributed by atoms with Crippen LogP contribution in [0.5, 0.6) is 0 Å². The lowest BCUT2D eigenvalue weighted by Crippen LogP contribution is -1.65. The molecule has 0 saturated carbocycles. The van der Waals surface area contributed by atoms with Crippen LogP contribution in [0, 0.1) is 6.57 Å². The first-order chi connectivity index (χ1) is 4.74. The Kier molecular flexibility index (Phi) is 2.31. The van der Waals surface area contributed by atoms with Crippen molar-refractivity contribution in [1.82, 2.24) is 0 Å². The molecule has 0 aromatic heterocycles. The monoisotopic (exact) mass is 215 g/mol. The largest absolute Gasteiger partial charge is 0.238 e. The summed E-state index contributed by atoms with van der Waals surface area (Å²) < 4.78 is 0.821. The minimum absolute atomic E-state index is 0.563. The van der Waals surface area contributed by atoms with Gasteiger partial charge in [0.1, 0.15) is 0 Å². The molecule has 0 saturated heterocycles. The summed E-state index contributed by atoms with van der Waals surface area (Å²) in [7, 11) is 0. The van der Waals surface area contributed by atoms with Crippen molar-refractivity contribution in [2.75, 3.05) is 0 Å². The van der Waals surface area contributed by atoms with Gasteiger partial charge in [-0.25, -0.2) is 4.85 Å². The van der Waals surface area contributed by atoms with Gasteiger partial charge >= 0.3 is 0 Å². The van der Waals surface area contributed by atoms with Crippen LogP contribution in [-0.4, -0.2) is 0 Å². The van der Waals surface area contributed by atoms with E-state index in [1.807, 2.05) is 0 Å². The molecule has 0 heterocycles. The molecule has 0 bridgehead atoms. The summed E-state index contributed by atoms with van der Waals surface area (Å²) in [6, 6.07) is 5.09. The van der Waals surface area contributed by atoms with Crippen molar-refractivity contribution >= 4 is 33.2 Å².